The summed E-state index contributed by atoms with van der Waals surface area (Å²) in [6.45, 7) is 6.32. The van der Waals surface area contributed by atoms with E-state index in [0.29, 0.717) is 0 Å². The molecule has 0 fully saturated rings. The lowest BCUT2D eigenvalue weighted by atomic mass is 9.97. The molecule has 3 aromatic rings. The molecule has 0 saturated carbocycles. The Morgan fingerprint density at radius 1 is 1.09 bits per heavy atom. The summed E-state index contributed by atoms with van der Waals surface area (Å²) in [5.41, 5.74) is 2.84. The van der Waals surface area contributed by atoms with Crippen LogP contribution in [-0.4, -0.2) is 20.2 Å². The van der Waals surface area contributed by atoms with Crippen molar-refractivity contribution in [1.29, 1.82) is 0 Å². The van der Waals surface area contributed by atoms with Gasteiger partial charge in [-0.05, 0) is 60.5 Å². The van der Waals surface area contributed by atoms with Gasteiger partial charge in [0.05, 0.1) is 11.2 Å². The summed E-state index contributed by atoms with van der Waals surface area (Å²) in [7, 11) is 0. The molecule has 0 unspecified atom stereocenters. The molecule has 23 heavy (non-hydrogen) atoms. The van der Waals surface area contributed by atoms with Gasteiger partial charge in [-0.3, -0.25) is 0 Å². The lowest BCUT2D eigenvalue weighted by molar-refractivity contribution is 0.474. The van der Waals surface area contributed by atoms with Gasteiger partial charge in [-0.25, -0.2) is 0 Å². The first-order valence-corrected chi connectivity index (χ1v) is 7.81. The van der Waals surface area contributed by atoms with Gasteiger partial charge in [-0.1, -0.05) is 37.3 Å². The molecule has 118 valence electrons. The number of tetrazole rings is 1. The fraction of sp³-hybridized carbons (Fsp3) is 0.278. The van der Waals surface area contributed by atoms with E-state index in [1.807, 2.05) is 35.0 Å². The summed E-state index contributed by atoms with van der Waals surface area (Å²) < 4.78 is 1.81. The average Bonchev–Trinajstić information content (AvgIpc) is 3.06. The van der Waals surface area contributed by atoms with Crippen LogP contribution in [0, 0.1) is 6.92 Å². The molecule has 0 bridgehead atoms. The van der Waals surface area contributed by atoms with E-state index in [1.54, 1.807) is 0 Å². The van der Waals surface area contributed by atoms with E-state index in [2.05, 4.69) is 65.9 Å². The third kappa shape index (κ3) is 3.08. The maximum atomic E-state index is 4.30. The van der Waals surface area contributed by atoms with E-state index in [0.717, 1.165) is 23.6 Å². The number of aryl methyl sites for hydroxylation is 1. The van der Waals surface area contributed by atoms with Crippen molar-refractivity contribution in [3.8, 4) is 5.69 Å². The maximum absolute atomic E-state index is 4.30. The van der Waals surface area contributed by atoms with Crippen LogP contribution in [0.1, 0.15) is 31.7 Å². The van der Waals surface area contributed by atoms with Gasteiger partial charge < -0.3 is 5.32 Å². The van der Waals surface area contributed by atoms with Crippen LogP contribution in [0.15, 0.2) is 54.6 Å². The van der Waals surface area contributed by atoms with Gasteiger partial charge >= 0.3 is 0 Å². The Morgan fingerprint density at radius 2 is 1.87 bits per heavy atom. The topological polar surface area (TPSA) is 55.6 Å². The number of hydrogen-bond acceptors (Lipinski definition) is 4. The van der Waals surface area contributed by atoms with Crippen molar-refractivity contribution < 1.29 is 0 Å². The van der Waals surface area contributed by atoms with Gasteiger partial charge in [0.1, 0.15) is 0 Å². The second-order valence-electron chi connectivity index (χ2n) is 5.93. The maximum Gasteiger partial charge on any atom is 0.181 e. The molecule has 0 aliphatic carbocycles. The predicted molar refractivity (Wildman–Crippen MR) is 91.6 cm³/mol. The lowest BCUT2D eigenvalue weighted by Gasteiger charge is -2.29. The van der Waals surface area contributed by atoms with E-state index in [1.165, 1.54) is 5.56 Å². The molecule has 0 radical (unpaired) electrons. The zero-order valence-corrected chi connectivity index (χ0v) is 13.7. The van der Waals surface area contributed by atoms with Crippen LogP contribution in [-0.2, 0) is 5.54 Å². The highest BCUT2D eigenvalue weighted by atomic mass is 15.6. The largest absolute Gasteiger partial charge is 0.373 e. The Labute approximate surface area is 136 Å². The number of nitrogens with zero attached hydrogens (tertiary/aromatic N) is 4. The van der Waals surface area contributed by atoms with Crippen LogP contribution in [0.3, 0.4) is 0 Å². The van der Waals surface area contributed by atoms with E-state index in [4.69, 9.17) is 0 Å². The summed E-state index contributed by atoms with van der Waals surface area (Å²) in [4.78, 5) is 0. The summed E-state index contributed by atoms with van der Waals surface area (Å²) >= 11 is 0. The molecule has 5 heteroatoms. The Morgan fingerprint density at radius 3 is 2.57 bits per heavy atom. The molecular weight excluding hydrogens is 286 g/mol. The van der Waals surface area contributed by atoms with Gasteiger partial charge in [0, 0.05) is 5.69 Å². The minimum atomic E-state index is -0.366. The first kappa shape index (κ1) is 15.2. The molecule has 3 rings (SSSR count). The monoisotopic (exact) mass is 307 g/mol. The van der Waals surface area contributed by atoms with Crippen molar-refractivity contribution in [1.82, 2.24) is 20.2 Å². The molecule has 0 aliphatic rings. The van der Waals surface area contributed by atoms with E-state index in [9.17, 15) is 0 Å². The van der Waals surface area contributed by atoms with Gasteiger partial charge in [0.25, 0.3) is 0 Å². The molecule has 0 aliphatic heterocycles. The van der Waals surface area contributed by atoms with Gasteiger partial charge in [-0.2, -0.15) is 4.68 Å². The first-order chi connectivity index (χ1) is 11.1. The highest BCUT2D eigenvalue weighted by Crippen LogP contribution is 2.28. The number of rotatable bonds is 5. The Bertz CT molecular complexity index is 781. The fourth-order valence-electron chi connectivity index (χ4n) is 2.61. The molecule has 1 atom stereocenters. The Hall–Kier alpha value is -2.69. The average molecular weight is 307 g/mol. The molecule has 1 heterocycles. The van der Waals surface area contributed by atoms with E-state index >= 15 is 0 Å². The quantitative estimate of drug-likeness (QED) is 0.780. The third-order valence-corrected chi connectivity index (χ3v) is 4.11. The minimum Gasteiger partial charge on any atom is -0.373 e. The normalized spacial score (nSPS) is 13.5. The van der Waals surface area contributed by atoms with Crippen LogP contribution < -0.4 is 5.32 Å². The van der Waals surface area contributed by atoms with Gasteiger partial charge in [-0.15, -0.1) is 5.10 Å². The third-order valence-electron chi connectivity index (χ3n) is 4.11. The van der Waals surface area contributed by atoms with Gasteiger partial charge in [0.2, 0.25) is 0 Å². The van der Waals surface area contributed by atoms with Crippen molar-refractivity contribution in [2.24, 2.45) is 0 Å². The molecule has 5 nitrogen and oxygen atoms in total. The predicted octanol–water partition coefficient (Wildman–Crippen LogP) is 3.71. The molecule has 1 aromatic heterocycles. The van der Waals surface area contributed by atoms with Crippen molar-refractivity contribution in [2.75, 3.05) is 5.32 Å². The van der Waals surface area contributed by atoms with Crippen molar-refractivity contribution in [3.05, 3.63) is 66.0 Å². The number of anilines is 1. The lowest BCUT2D eigenvalue weighted by Crippen LogP contribution is -2.34. The summed E-state index contributed by atoms with van der Waals surface area (Å²) in [6, 6.07) is 18.3. The SMILES string of the molecule is CC[C@](C)(Nc1ccccc1)c1nnnn1-c1cccc(C)c1. The summed E-state index contributed by atoms with van der Waals surface area (Å²) in [6.07, 6.45) is 0.855. The molecule has 2 aromatic carbocycles. The number of hydrogen-bond donors (Lipinski definition) is 1. The number of aromatic nitrogens is 4. The second-order valence-corrected chi connectivity index (χ2v) is 5.93. The number of para-hydroxylation sites is 1. The zero-order valence-electron chi connectivity index (χ0n) is 13.7. The standard InChI is InChI=1S/C18H21N5/c1-4-18(3,19-15-10-6-5-7-11-15)17-20-21-22-23(17)16-12-8-9-14(2)13-16/h5-13,19H,4H2,1-3H3/t18-/m0/s1. The van der Waals surface area contributed by atoms with Crippen LogP contribution in [0.2, 0.25) is 0 Å². The minimum absolute atomic E-state index is 0.366. The highest BCUT2D eigenvalue weighted by molar-refractivity contribution is 5.46. The fourth-order valence-corrected chi connectivity index (χ4v) is 2.61. The van der Waals surface area contributed by atoms with Gasteiger partial charge in [0.15, 0.2) is 5.82 Å². The number of benzene rings is 2. The Kier molecular flexibility index (Phi) is 4.10. The Balaban J connectivity index is 2.01. The molecule has 0 amide bonds. The number of nitrogens with one attached hydrogen (secondary N) is 1. The van der Waals surface area contributed by atoms with Crippen LogP contribution >= 0.6 is 0 Å². The van der Waals surface area contributed by atoms with Crippen LogP contribution in [0.25, 0.3) is 5.69 Å². The smallest absolute Gasteiger partial charge is 0.181 e. The van der Waals surface area contributed by atoms with Crippen molar-refractivity contribution in [2.45, 2.75) is 32.7 Å². The van der Waals surface area contributed by atoms with Crippen molar-refractivity contribution >= 4 is 5.69 Å². The van der Waals surface area contributed by atoms with E-state index < -0.39 is 0 Å². The van der Waals surface area contributed by atoms with Crippen molar-refractivity contribution in [3.63, 3.8) is 0 Å². The summed E-state index contributed by atoms with van der Waals surface area (Å²) in [5.74, 6) is 0.800. The van der Waals surface area contributed by atoms with Crippen LogP contribution in [0.4, 0.5) is 5.69 Å². The van der Waals surface area contributed by atoms with E-state index in [-0.39, 0.29) is 5.54 Å². The molecule has 0 saturated heterocycles. The molecule has 1 N–H and O–H groups in total. The van der Waals surface area contributed by atoms with Crippen LogP contribution in [0.5, 0.6) is 0 Å². The molecular formula is C18H21N5. The first-order valence-electron chi connectivity index (χ1n) is 7.81. The zero-order chi connectivity index (χ0) is 16.3. The molecule has 0 spiro atoms. The second kappa shape index (κ2) is 6.20. The summed E-state index contributed by atoms with van der Waals surface area (Å²) in [5, 5.41) is 16.0. The highest BCUT2D eigenvalue weighted by Gasteiger charge is 2.31.